The molecule has 0 bridgehead atoms. The molecule has 38 heavy (non-hydrogen) atoms. The first kappa shape index (κ1) is 30.6. The number of nitrogens with one attached hydrogen (secondary N) is 2. The Balaban J connectivity index is 0.00000253. The van der Waals surface area contributed by atoms with Gasteiger partial charge in [0.25, 0.3) is 0 Å². The average Bonchev–Trinajstić information content (AvgIpc) is 3.34. The Labute approximate surface area is 235 Å². The molecule has 7 nitrogen and oxygen atoms in total. The van der Waals surface area contributed by atoms with Crippen LogP contribution in [-0.4, -0.2) is 33.7 Å². The Morgan fingerprint density at radius 3 is 2.34 bits per heavy atom. The number of anilines is 1. The number of hydrogen-bond acceptors (Lipinski definition) is 5. The van der Waals surface area contributed by atoms with Gasteiger partial charge >= 0.3 is 0 Å². The lowest BCUT2D eigenvalue weighted by molar-refractivity contribution is -0.115. The molecule has 9 heteroatoms. The van der Waals surface area contributed by atoms with Gasteiger partial charge in [0.1, 0.15) is 5.82 Å². The third-order valence-corrected chi connectivity index (χ3v) is 5.91. The molecule has 4 rings (SSSR count). The number of hydrogen-bond donors (Lipinski definition) is 3. The minimum atomic E-state index is -0.525. The molecular formula is C29H31Cl2N5O2. The van der Waals surface area contributed by atoms with Crippen molar-refractivity contribution in [2.24, 2.45) is 0 Å². The number of aliphatic hydroxyl groups is 1. The average molecular weight is 553 g/mol. The van der Waals surface area contributed by atoms with E-state index in [1.165, 1.54) is 0 Å². The fraction of sp³-hybridized carbons (Fsp3) is 0.207. The second kappa shape index (κ2) is 15.6. The summed E-state index contributed by atoms with van der Waals surface area (Å²) in [5.74, 6) is 0.545. The van der Waals surface area contributed by atoms with Crippen LogP contribution < -0.4 is 10.6 Å². The summed E-state index contributed by atoms with van der Waals surface area (Å²) in [5.41, 5.74) is 4.44. The van der Waals surface area contributed by atoms with E-state index in [0.29, 0.717) is 24.5 Å². The van der Waals surface area contributed by atoms with Crippen LogP contribution in [-0.2, 0) is 24.2 Å². The van der Waals surface area contributed by atoms with Crippen LogP contribution in [0.5, 0.6) is 0 Å². The van der Waals surface area contributed by atoms with Crippen molar-refractivity contribution in [1.29, 1.82) is 5.26 Å². The summed E-state index contributed by atoms with van der Waals surface area (Å²) in [7, 11) is 0. The highest BCUT2D eigenvalue weighted by molar-refractivity contribution is 5.91. The maximum atomic E-state index is 12.6. The monoisotopic (exact) mass is 551 g/mol. The van der Waals surface area contributed by atoms with Crippen LogP contribution in [0.25, 0.3) is 0 Å². The molecule has 198 valence electrons. The van der Waals surface area contributed by atoms with Gasteiger partial charge in [-0.25, -0.2) is 4.98 Å². The lowest BCUT2D eigenvalue weighted by atomic mass is 10.1. The summed E-state index contributed by atoms with van der Waals surface area (Å²) in [6.45, 7) is 1.83. The van der Waals surface area contributed by atoms with E-state index in [-0.39, 0.29) is 37.1 Å². The van der Waals surface area contributed by atoms with Gasteiger partial charge in [-0.3, -0.25) is 4.79 Å². The molecule has 0 aliphatic heterocycles. The van der Waals surface area contributed by atoms with Crippen LogP contribution in [0.2, 0.25) is 0 Å². The zero-order valence-corrected chi connectivity index (χ0v) is 22.4. The highest BCUT2D eigenvalue weighted by Crippen LogP contribution is 2.13. The molecule has 3 N–H and O–H groups in total. The molecule has 0 saturated carbocycles. The Morgan fingerprint density at radius 1 is 0.974 bits per heavy atom. The van der Waals surface area contributed by atoms with Crippen LogP contribution in [0.3, 0.4) is 0 Å². The number of amides is 1. The van der Waals surface area contributed by atoms with E-state index in [2.05, 4.69) is 21.7 Å². The third-order valence-electron chi connectivity index (χ3n) is 5.91. The normalized spacial score (nSPS) is 10.9. The second-order valence-corrected chi connectivity index (χ2v) is 8.58. The number of carbonyl (C=O) groups is 1. The predicted octanol–water partition coefficient (Wildman–Crippen LogP) is 4.69. The van der Waals surface area contributed by atoms with Crippen molar-refractivity contribution >= 4 is 36.4 Å². The fourth-order valence-corrected chi connectivity index (χ4v) is 3.90. The number of nitrogens with zero attached hydrogens (tertiary/aromatic N) is 3. The molecule has 3 aromatic carbocycles. The van der Waals surface area contributed by atoms with Gasteiger partial charge in [-0.1, -0.05) is 54.6 Å². The number of rotatable bonds is 11. The van der Waals surface area contributed by atoms with E-state index in [4.69, 9.17) is 5.26 Å². The van der Waals surface area contributed by atoms with Crippen molar-refractivity contribution in [3.05, 3.63) is 119 Å². The molecule has 0 radical (unpaired) electrons. The van der Waals surface area contributed by atoms with Gasteiger partial charge in [-0.05, 0) is 53.9 Å². The maximum Gasteiger partial charge on any atom is 0.231 e. The SMILES string of the molecule is Cl.Cl.N#Cc1ccc(Cn2ccnc2CC(=O)Nc2ccc(CCNC[C@H](O)c3ccccc3)cc2)cc1. The van der Waals surface area contributed by atoms with Gasteiger partial charge in [-0.15, -0.1) is 24.8 Å². The summed E-state index contributed by atoms with van der Waals surface area (Å²) in [5, 5.41) is 25.4. The lowest BCUT2D eigenvalue weighted by Gasteiger charge is -2.12. The summed E-state index contributed by atoms with van der Waals surface area (Å²) < 4.78 is 1.94. The van der Waals surface area contributed by atoms with Crippen LogP contribution in [0.1, 0.15) is 34.2 Å². The first-order valence-corrected chi connectivity index (χ1v) is 11.9. The number of nitriles is 1. The predicted molar refractivity (Wildman–Crippen MR) is 154 cm³/mol. The molecule has 0 saturated heterocycles. The summed E-state index contributed by atoms with van der Waals surface area (Å²) in [6.07, 6.45) is 4.00. The molecule has 1 aromatic heterocycles. The number of halogens is 2. The van der Waals surface area contributed by atoms with Gasteiger partial charge in [0.2, 0.25) is 5.91 Å². The fourth-order valence-electron chi connectivity index (χ4n) is 3.90. The van der Waals surface area contributed by atoms with Crippen molar-refractivity contribution in [2.45, 2.75) is 25.5 Å². The van der Waals surface area contributed by atoms with Crippen molar-refractivity contribution in [3.8, 4) is 6.07 Å². The van der Waals surface area contributed by atoms with Crippen LogP contribution >= 0.6 is 24.8 Å². The highest BCUT2D eigenvalue weighted by Gasteiger charge is 2.11. The quantitative estimate of drug-likeness (QED) is 0.234. The Hall–Kier alpha value is -3.67. The van der Waals surface area contributed by atoms with Gasteiger partial charge < -0.3 is 20.3 Å². The Bertz CT molecular complexity index is 1300. The molecule has 4 aromatic rings. The number of aliphatic hydroxyl groups excluding tert-OH is 1. The van der Waals surface area contributed by atoms with Gasteiger partial charge in [0, 0.05) is 31.2 Å². The molecule has 0 unspecified atom stereocenters. The Kier molecular flexibility index (Phi) is 12.5. The van der Waals surface area contributed by atoms with Crippen molar-refractivity contribution in [2.75, 3.05) is 18.4 Å². The first-order valence-electron chi connectivity index (χ1n) is 11.9. The topological polar surface area (TPSA) is 103 Å². The minimum Gasteiger partial charge on any atom is -0.387 e. The standard InChI is InChI=1S/C29H29N5O2.2ClH/c30-19-23-6-8-24(9-7-23)21-34-17-16-32-28(34)18-29(36)33-26-12-10-22(11-13-26)14-15-31-20-27(35)25-4-2-1-3-5-25;;/h1-13,16-17,27,31,35H,14-15,18,20-21H2,(H,33,36);2*1H/t27-;;/m0../s1. The summed E-state index contributed by atoms with van der Waals surface area (Å²) in [4.78, 5) is 17.0. The summed E-state index contributed by atoms with van der Waals surface area (Å²) in [6, 6.07) is 26.9. The highest BCUT2D eigenvalue weighted by atomic mass is 35.5. The van der Waals surface area contributed by atoms with Crippen molar-refractivity contribution < 1.29 is 9.90 Å². The Morgan fingerprint density at radius 2 is 1.66 bits per heavy atom. The van der Waals surface area contributed by atoms with E-state index < -0.39 is 6.10 Å². The molecule has 1 amide bonds. The van der Waals surface area contributed by atoms with Crippen LogP contribution in [0.15, 0.2) is 91.3 Å². The van der Waals surface area contributed by atoms with Gasteiger partial charge in [0.15, 0.2) is 0 Å². The molecular weight excluding hydrogens is 521 g/mol. The van der Waals surface area contributed by atoms with E-state index >= 15 is 0 Å². The smallest absolute Gasteiger partial charge is 0.231 e. The summed E-state index contributed by atoms with van der Waals surface area (Å²) >= 11 is 0. The number of aromatic nitrogens is 2. The maximum absolute atomic E-state index is 12.6. The molecule has 0 spiro atoms. The van der Waals surface area contributed by atoms with Crippen molar-refractivity contribution in [3.63, 3.8) is 0 Å². The third kappa shape index (κ3) is 9.02. The second-order valence-electron chi connectivity index (χ2n) is 8.58. The van der Waals surface area contributed by atoms with Crippen LogP contribution in [0.4, 0.5) is 5.69 Å². The molecule has 1 atom stereocenters. The molecule has 0 fully saturated rings. The number of imidazole rings is 1. The largest absolute Gasteiger partial charge is 0.387 e. The lowest BCUT2D eigenvalue weighted by Crippen LogP contribution is -2.23. The van der Waals surface area contributed by atoms with Crippen LogP contribution in [0, 0.1) is 11.3 Å². The molecule has 0 aliphatic rings. The zero-order valence-electron chi connectivity index (χ0n) is 20.8. The van der Waals surface area contributed by atoms with Gasteiger partial charge in [-0.2, -0.15) is 5.26 Å². The van der Waals surface area contributed by atoms with E-state index in [9.17, 15) is 9.90 Å². The van der Waals surface area contributed by atoms with E-state index in [1.54, 1.807) is 18.3 Å². The van der Waals surface area contributed by atoms with Crippen molar-refractivity contribution in [1.82, 2.24) is 14.9 Å². The van der Waals surface area contributed by atoms with Gasteiger partial charge in [0.05, 0.1) is 24.2 Å². The molecule has 1 heterocycles. The van der Waals surface area contributed by atoms with E-state index in [1.807, 2.05) is 77.5 Å². The van der Waals surface area contributed by atoms with E-state index in [0.717, 1.165) is 35.3 Å². The molecule has 0 aliphatic carbocycles. The zero-order chi connectivity index (χ0) is 25.2. The minimum absolute atomic E-state index is 0. The number of benzene rings is 3. The first-order chi connectivity index (χ1) is 17.6. The number of carbonyl (C=O) groups excluding carboxylic acids is 1.